The molecule has 1 aromatic heterocycles. The highest BCUT2D eigenvalue weighted by molar-refractivity contribution is 8.00. The van der Waals surface area contributed by atoms with Crippen molar-refractivity contribution >= 4 is 140 Å². The van der Waals surface area contributed by atoms with Crippen LogP contribution in [0.3, 0.4) is 0 Å². The van der Waals surface area contributed by atoms with E-state index in [-0.39, 0.29) is 123 Å². The molecule has 3 spiro atoms. The van der Waals surface area contributed by atoms with Gasteiger partial charge in [-0.25, -0.2) is 17.4 Å². The van der Waals surface area contributed by atoms with Crippen molar-refractivity contribution in [2.75, 3.05) is 126 Å². The summed E-state index contributed by atoms with van der Waals surface area (Å²) in [5.41, 5.74) is 11.4. The van der Waals surface area contributed by atoms with Gasteiger partial charge in [0.05, 0.1) is 97.5 Å². The Morgan fingerprint density at radius 3 is 1.15 bits per heavy atom. The standard InChI is InChI=1S/C40H47ClN4O5S.C38H50ClN3O6S.C37H47ClN2O6S/c1-3-32-8-4-5-9-36(49-24-38(46)43-31-16-19-42-20-17-31)33-13-10-29(33)23-45-25-40(18-6-7-27-21-30(41)12-14-34(27)40)26-50-37-15-11-28(22-35(37)45)39(47)44-51(32,2)48;1-4-30-9-5-6-10-34(47-23-36(43)40-18-19-46-2)31-14-11-28(31)22-42-24-38(17-7-8-26-20-29(39)13-15-32(26)38)25-48-35-16-12-27(21-33(35)42)37(44)41-49(30,3)45;1-4-29-10-6-7-11-33(45-22-35(41)44-5-2)30-15-12-27(30)21-40-23-37(18-8-9-25-19-28(38)14-16-31(25)37)24-46-34-17-13-26(20-32(34)40)36(42)39-47(29,3)43/h5,9,11-12,14-17,19-22,29,32-33,36H,2-4,6-8,10,13,18,23-26H2,1H3,(H,42,43,46)(H,44,47,48);6,10,12-13,15-16,20-21,28,30-31,34H,3-5,7-9,11,14,17-19,22-25H2,1-2H3,(H,40,43)(H,41,44,45);7,11,13-14,16-17,19-20,27,29-30,33H,3-6,8-10,12,15,18,21-24H2,1-2H3,(H,39,42,43)/b9-5+;10-6+;11-7+/t29-,32+,33+,36-,40-,51?;28-,30+,31+,34-,38-,49?;27-,29+,30+,33-,37-,47?/m000/s1. The van der Waals surface area contributed by atoms with Gasteiger partial charge in [-0.3, -0.25) is 43.1 Å². The number of methoxy groups -OCH3 is 1. The molecule has 26 nitrogen and oxygen atoms in total. The van der Waals surface area contributed by atoms with Crippen LogP contribution in [-0.2, 0) is 103 Å². The van der Waals surface area contributed by atoms with Crippen LogP contribution in [0.2, 0.25) is 15.1 Å². The number of allylic oxidation sites excluding steroid dienone is 3. The first-order valence-corrected chi connectivity index (χ1v) is 59.3. The number of aryl methyl sites for hydroxylation is 3. The number of hydrogen-bond acceptors (Lipinski definition) is 21. The Hall–Kier alpha value is -9.92. The van der Waals surface area contributed by atoms with Crippen molar-refractivity contribution in [2.45, 2.75) is 232 Å². The molecule has 3 saturated carbocycles. The zero-order chi connectivity index (χ0) is 103. The number of nitrogens with zero attached hydrogens (tertiary/aromatic N) is 4. The number of rotatable bonds is 17. The van der Waals surface area contributed by atoms with Gasteiger partial charge in [0, 0.05) is 135 Å². The molecular weight excluding hydrogens is 1980 g/mol. The molecule has 147 heavy (non-hydrogen) atoms. The SMILES string of the molecule is C=S1(=O)NC(=O)c2ccc3c(c2)N(C[C@@H]2CC[C@H]2[C@@H](OCC(=O)NCCOC)/C=C/CC[C@H]1CC)C[C@@]1(CCCc2cc(Cl)ccc21)CO3.C=S1(=O)NC(=O)c2ccc3c(c2)N(C[C@@H]2CC[C@H]2[C@@H](OCC(=O)Nc2ccncc2)/C=C/CC[C@H]1CC)C[C@@]1(CCCc2cc(Cl)ccc21)CO3.C=S1(=O)NC(=O)c2ccc3c(c2)N(C[C@@H]2CC[C@H]2[C@@H](OCC(=O)OCC)/C=C/CC[C@H]1CC)C[C@@]1(CCCc2cc(Cl)ccc21)CO3. The number of hydrogen-bond donors (Lipinski definition) is 5. The number of ether oxygens (including phenoxy) is 8. The van der Waals surface area contributed by atoms with Crippen molar-refractivity contribution in [3.05, 3.63) is 235 Å². The second kappa shape index (κ2) is 48.2. The third-order valence-electron chi connectivity index (χ3n) is 32.8. The fourth-order valence-electron chi connectivity index (χ4n) is 24.5. The second-order valence-corrected chi connectivity index (χ2v) is 50.5. The van der Waals surface area contributed by atoms with E-state index in [1.165, 1.54) is 33.4 Å². The van der Waals surface area contributed by atoms with Gasteiger partial charge in [0.2, 0.25) is 11.8 Å². The molecule has 12 aliphatic rings. The quantitative estimate of drug-likeness (QED) is 0.0245. The number of halogens is 3. The Morgan fingerprint density at radius 1 is 0.463 bits per heavy atom. The molecule has 5 N–H and O–H groups in total. The Bertz CT molecular complexity index is 6390. The number of carbonyl (C=O) groups excluding carboxylic acids is 6. The molecule has 790 valence electrons. The summed E-state index contributed by atoms with van der Waals surface area (Å²) in [4.78, 5) is 90.1. The third kappa shape index (κ3) is 25.4. The molecule has 0 saturated heterocycles. The molecule has 0 radical (unpaired) electrons. The maximum atomic E-state index is 13.9. The van der Waals surface area contributed by atoms with Crippen molar-refractivity contribution < 1.29 is 79.3 Å². The van der Waals surface area contributed by atoms with Crippen LogP contribution in [0.4, 0.5) is 22.7 Å². The summed E-state index contributed by atoms with van der Waals surface area (Å²) in [5.74, 6) is 13.8. The number of anilines is 4. The number of carbonyl (C=O) groups is 6. The van der Waals surface area contributed by atoms with Crippen molar-refractivity contribution in [3.63, 3.8) is 0 Å². The number of amides is 5. The van der Waals surface area contributed by atoms with Gasteiger partial charge < -0.3 is 63.2 Å². The van der Waals surface area contributed by atoms with Gasteiger partial charge in [0.25, 0.3) is 17.7 Å². The van der Waals surface area contributed by atoms with Gasteiger partial charge in [-0.2, -0.15) is 0 Å². The van der Waals surface area contributed by atoms with E-state index < -0.39 is 35.0 Å². The summed E-state index contributed by atoms with van der Waals surface area (Å²) in [6.45, 7) is 14.6. The van der Waals surface area contributed by atoms with Gasteiger partial charge in [-0.1, -0.05) is 110 Å². The Morgan fingerprint density at radius 2 is 0.816 bits per heavy atom. The predicted octanol–water partition coefficient (Wildman–Crippen LogP) is 18.5. The molecule has 6 aliphatic heterocycles. The summed E-state index contributed by atoms with van der Waals surface area (Å²) in [6, 6.07) is 38.8. The van der Waals surface area contributed by atoms with Crippen LogP contribution in [-0.4, -0.2) is 211 Å². The van der Waals surface area contributed by atoms with E-state index >= 15 is 0 Å². The van der Waals surface area contributed by atoms with E-state index in [2.05, 4.69) is 135 Å². The van der Waals surface area contributed by atoms with E-state index in [0.29, 0.717) is 138 Å². The molecular formula is C115H144Cl3N9O17S3. The average molecular weight is 2130 g/mol. The monoisotopic (exact) mass is 2120 g/mol. The summed E-state index contributed by atoms with van der Waals surface area (Å²) in [5, 5.41) is 7.09. The summed E-state index contributed by atoms with van der Waals surface area (Å²) < 4.78 is 99.1. The zero-order valence-corrected chi connectivity index (χ0v) is 90.1. The molecule has 6 aliphatic carbocycles. The number of benzene rings is 6. The van der Waals surface area contributed by atoms with Crippen LogP contribution in [0.15, 0.2) is 170 Å². The molecule has 32 heteroatoms. The highest BCUT2D eigenvalue weighted by Gasteiger charge is 2.50. The fourth-order valence-corrected chi connectivity index (χ4v) is 30.0. The van der Waals surface area contributed by atoms with E-state index in [9.17, 15) is 41.4 Å². The highest BCUT2D eigenvalue weighted by Crippen LogP contribution is 2.53. The first-order chi connectivity index (χ1) is 70.9. The maximum absolute atomic E-state index is 13.9. The minimum atomic E-state index is -2.95. The smallest absolute Gasteiger partial charge is 0.332 e. The minimum absolute atomic E-state index is 0.0372. The van der Waals surface area contributed by atoms with Crippen LogP contribution in [0, 0.1) is 35.5 Å². The molecule has 18 atom stereocenters. The zero-order valence-electron chi connectivity index (χ0n) is 85.4. The topological polar surface area (TPSA) is 310 Å². The first-order valence-electron chi connectivity index (χ1n) is 52.8. The van der Waals surface area contributed by atoms with E-state index in [0.717, 1.165) is 178 Å². The molecule has 3 fully saturated rings. The van der Waals surface area contributed by atoms with Crippen LogP contribution in [0.5, 0.6) is 17.2 Å². The van der Waals surface area contributed by atoms with Gasteiger partial charge in [-0.15, -0.1) is 0 Å². The van der Waals surface area contributed by atoms with Crippen LogP contribution in [0.25, 0.3) is 0 Å². The summed E-state index contributed by atoms with van der Waals surface area (Å²) in [7, 11) is -7.22. The first kappa shape index (κ1) is 108. The second-order valence-electron chi connectivity index (χ2n) is 42.2. The van der Waals surface area contributed by atoms with Gasteiger partial charge in [-0.05, 0) is 351 Å². The minimum Gasteiger partial charge on any atom is -0.490 e. The van der Waals surface area contributed by atoms with Crippen LogP contribution in [0.1, 0.15) is 227 Å². The Labute approximate surface area is 883 Å². The van der Waals surface area contributed by atoms with Crippen molar-refractivity contribution in [1.29, 1.82) is 0 Å². The van der Waals surface area contributed by atoms with Crippen molar-refractivity contribution in [2.24, 2.45) is 35.5 Å². The van der Waals surface area contributed by atoms with E-state index in [1.54, 1.807) is 56.8 Å². The highest BCUT2D eigenvalue weighted by atomic mass is 35.5. The lowest BCUT2D eigenvalue weighted by molar-refractivity contribution is -0.151. The summed E-state index contributed by atoms with van der Waals surface area (Å²) >= 11 is 19.4. The number of nitrogens with one attached hydrogen (secondary N) is 5. The normalized spacial score (nSPS) is 30.5. The largest absolute Gasteiger partial charge is 0.490 e. The molecule has 7 aromatic rings. The molecule has 6 bridgehead atoms. The predicted molar refractivity (Wildman–Crippen MR) is 588 cm³/mol. The Kier molecular flexibility index (Phi) is 35.5. The number of fused-ring (bicyclic) bond motifs is 12. The fraction of sp³-hybridized carbons (Fsp3) is 0.513. The molecule has 5 amide bonds. The maximum Gasteiger partial charge on any atom is 0.332 e. The summed E-state index contributed by atoms with van der Waals surface area (Å²) in [6.07, 6.45) is 35.6. The molecule has 3 unspecified atom stereocenters. The Balaban J connectivity index is 0.000000151. The van der Waals surface area contributed by atoms with E-state index in [4.69, 9.17) is 72.7 Å². The van der Waals surface area contributed by atoms with Gasteiger partial charge >= 0.3 is 5.97 Å². The molecule has 7 heterocycles. The average Bonchev–Trinajstić information content (AvgIpc) is 1.67. The van der Waals surface area contributed by atoms with Crippen molar-refractivity contribution in [3.8, 4) is 17.2 Å². The van der Waals surface area contributed by atoms with Gasteiger partial charge in [0.1, 0.15) is 37.1 Å². The molecule has 6 aromatic carbocycles. The van der Waals surface area contributed by atoms with E-state index in [1.807, 2.05) is 75.4 Å². The lowest BCUT2D eigenvalue weighted by atomic mass is 9.68. The van der Waals surface area contributed by atoms with Crippen LogP contribution >= 0.6 is 34.8 Å². The number of pyridine rings is 1. The number of aromatic nitrogens is 1. The van der Waals surface area contributed by atoms with Crippen LogP contribution < -0.4 is 53.7 Å². The lowest BCUT2D eigenvalue weighted by Crippen LogP contribution is -2.50. The molecule has 19 rings (SSSR count). The van der Waals surface area contributed by atoms with Crippen molar-refractivity contribution in [1.82, 2.24) is 24.5 Å². The third-order valence-corrected chi connectivity index (χ3v) is 40.0. The van der Waals surface area contributed by atoms with Gasteiger partial charge in [0.15, 0.2) is 0 Å². The lowest BCUT2D eigenvalue weighted by Gasteiger charge is -2.46. The number of esters is 1.